The molecule has 0 aromatic heterocycles. The first-order chi connectivity index (χ1) is 8.58. The Morgan fingerprint density at radius 2 is 2.17 bits per heavy atom. The highest BCUT2D eigenvalue weighted by Crippen LogP contribution is 2.23. The first-order valence-corrected chi connectivity index (χ1v) is 6.11. The van der Waals surface area contributed by atoms with Crippen molar-refractivity contribution in [2.24, 2.45) is 0 Å². The van der Waals surface area contributed by atoms with Gasteiger partial charge in [-0.15, -0.1) is 0 Å². The van der Waals surface area contributed by atoms with E-state index < -0.39 is 12.1 Å². The van der Waals surface area contributed by atoms with E-state index in [4.69, 9.17) is 4.74 Å². The van der Waals surface area contributed by atoms with Gasteiger partial charge in [-0.2, -0.15) is 0 Å². The van der Waals surface area contributed by atoms with Crippen LogP contribution in [0.25, 0.3) is 0 Å². The van der Waals surface area contributed by atoms with E-state index in [1.165, 1.54) is 12.1 Å². The maximum atomic E-state index is 11.9. The van der Waals surface area contributed by atoms with Crippen LogP contribution in [-0.2, 0) is 9.53 Å². The Bertz CT molecular complexity index is 479. The van der Waals surface area contributed by atoms with Crippen LogP contribution in [0.2, 0.25) is 0 Å². The van der Waals surface area contributed by atoms with Crippen LogP contribution in [0.1, 0.15) is 41.6 Å². The Kier molecular flexibility index (Phi) is 3.65. The number of aryl methyl sites for hydroxylation is 1. The average molecular weight is 248 g/mol. The highest BCUT2D eigenvalue weighted by Gasteiger charge is 2.27. The van der Waals surface area contributed by atoms with Gasteiger partial charge >= 0.3 is 5.97 Å². The number of ether oxygens (including phenoxy) is 1. The van der Waals surface area contributed by atoms with E-state index in [1.54, 1.807) is 6.07 Å². The summed E-state index contributed by atoms with van der Waals surface area (Å²) in [6.07, 6.45) is 2.16. The molecule has 1 aromatic carbocycles. The van der Waals surface area contributed by atoms with Crippen molar-refractivity contribution in [3.05, 3.63) is 29.3 Å². The van der Waals surface area contributed by atoms with Crippen LogP contribution >= 0.6 is 0 Å². The molecule has 1 fully saturated rings. The van der Waals surface area contributed by atoms with E-state index in [1.807, 2.05) is 6.92 Å². The summed E-state index contributed by atoms with van der Waals surface area (Å²) in [5.74, 6) is -0.766. The Labute approximate surface area is 106 Å². The first-order valence-electron chi connectivity index (χ1n) is 6.11. The maximum Gasteiger partial charge on any atom is 0.342 e. The van der Waals surface area contributed by atoms with Gasteiger partial charge in [0.05, 0.1) is 0 Å². The van der Waals surface area contributed by atoms with Crippen LogP contribution < -0.4 is 0 Å². The largest absolute Gasteiger partial charge is 0.507 e. The predicted octanol–water partition coefficient (Wildman–Crippen LogP) is 2.37. The number of esters is 1. The van der Waals surface area contributed by atoms with Gasteiger partial charge in [-0.1, -0.05) is 6.07 Å². The van der Waals surface area contributed by atoms with Gasteiger partial charge in [0, 0.05) is 6.42 Å². The molecule has 1 aliphatic rings. The number of carbonyl (C=O) groups excluding carboxylic acids is 2. The zero-order valence-corrected chi connectivity index (χ0v) is 10.3. The van der Waals surface area contributed by atoms with Crippen molar-refractivity contribution in [2.45, 2.75) is 38.7 Å². The van der Waals surface area contributed by atoms with Gasteiger partial charge in [0.1, 0.15) is 11.3 Å². The molecule has 1 N–H and O–H groups in total. The van der Waals surface area contributed by atoms with Gasteiger partial charge in [-0.25, -0.2) is 4.79 Å². The maximum absolute atomic E-state index is 11.9. The lowest BCUT2D eigenvalue weighted by atomic mass is 9.96. The van der Waals surface area contributed by atoms with Crippen molar-refractivity contribution in [2.75, 3.05) is 0 Å². The summed E-state index contributed by atoms with van der Waals surface area (Å²) in [7, 11) is 0. The normalized spacial score (nSPS) is 19.6. The van der Waals surface area contributed by atoms with E-state index in [2.05, 4.69) is 0 Å². The molecule has 1 aromatic rings. The average Bonchev–Trinajstić information content (AvgIpc) is 2.32. The van der Waals surface area contributed by atoms with Crippen LogP contribution in [0.3, 0.4) is 0 Å². The topological polar surface area (TPSA) is 63.6 Å². The van der Waals surface area contributed by atoms with Crippen LogP contribution in [0.15, 0.2) is 18.2 Å². The lowest BCUT2D eigenvalue weighted by Gasteiger charge is -2.20. The summed E-state index contributed by atoms with van der Waals surface area (Å²) in [5.41, 5.74) is 0.969. The molecule has 2 rings (SSSR count). The molecule has 0 saturated heterocycles. The second kappa shape index (κ2) is 5.21. The molecule has 0 unspecified atom stereocenters. The second-order valence-electron chi connectivity index (χ2n) is 4.63. The van der Waals surface area contributed by atoms with Crippen LogP contribution in [0.4, 0.5) is 0 Å². The van der Waals surface area contributed by atoms with Gasteiger partial charge in [0.15, 0.2) is 11.9 Å². The number of ketones is 1. The molecule has 0 aliphatic heterocycles. The molecule has 0 bridgehead atoms. The SMILES string of the molecule is Cc1ccc(C(=O)O[C@@H]2CCCCC2=O)c(O)c1. The number of hydrogen-bond donors (Lipinski definition) is 1. The zero-order chi connectivity index (χ0) is 13.1. The highest BCUT2D eigenvalue weighted by atomic mass is 16.5. The molecule has 0 spiro atoms. The predicted molar refractivity (Wildman–Crippen MR) is 65.5 cm³/mol. The van der Waals surface area contributed by atoms with Gasteiger partial charge in [-0.05, 0) is 43.9 Å². The first kappa shape index (κ1) is 12.6. The fraction of sp³-hybridized carbons (Fsp3) is 0.429. The smallest absolute Gasteiger partial charge is 0.342 e. The van der Waals surface area contributed by atoms with Crippen molar-refractivity contribution in [1.29, 1.82) is 0 Å². The van der Waals surface area contributed by atoms with E-state index in [9.17, 15) is 14.7 Å². The van der Waals surface area contributed by atoms with Gasteiger partial charge in [-0.3, -0.25) is 4.79 Å². The van der Waals surface area contributed by atoms with Crippen molar-refractivity contribution in [1.82, 2.24) is 0 Å². The standard InChI is InChI=1S/C14H16O4/c1-9-6-7-10(12(16)8-9)14(17)18-13-5-3-2-4-11(13)15/h6-8,13,16H,2-5H2,1H3/t13-/m1/s1. The summed E-state index contributed by atoms with van der Waals surface area (Å²) >= 11 is 0. The third kappa shape index (κ3) is 2.70. The number of phenolic OH excluding ortho intramolecular Hbond substituents is 1. The summed E-state index contributed by atoms with van der Waals surface area (Å²) < 4.78 is 5.16. The van der Waals surface area contributed by atoms with Crippen molar-refractivity contribution in [3.63, 3.8) is 0 Å². The number of rotatable bonds is 2. The molecule has 4 heteroatoms. The molecular formula is C14H16O4. The third-order valence-corrected chi connectivity index (χ3v) is 3.12. The summed E-state index contributed by atoms with van der Waals surface area (Å²) in [6, 6.07) is 4.73. The molecule has 1 atom stereocenters. The van der Waals surface area contributed by atoms with E-state index >= 15 is 0 Å². The minimum absolute atomic E-state index is 0.0267. The lowest BCUT2D eigenvalue weighted by molar-refractivity contribution is -0.129. The van der Waals surface area contributed by atoms with E-state index in [-0.39, 0.29) is 17.1 Å². The second-order valence-corrected chi connectivity index (χ2v) is 4.63. The number of hydrogen-bond acceptors (Lipinski definition) is 4. The molecular weight excluding hydrogens is 232 g/mol. The number of aromatic hydroxyl groups is 1. The quantitative estimate of drug-likeness (QED) is 0.816. The Balaban J connectivity index is 2.09. The number of benzene rings is 1. The zero-order valence-electron chi connectivity index (χ0n) is 10.3. The summed E-state index contributed by atoms with van der Waals surface area (Å²) in [6.45, 7) is 1.82. The number of Topliss-reactive ketones (excluding diaryl/α,β-unsaturated/α-hetero) is 1. The Morgan fingerprint density at radius 3 is 2.83 bits per heavy atom. The lowest BCUT2D eigenvalue weighted by Crippen LogP contribution is -2.30. The van der Waals surface area contributed by atoms with Crippen molar-refractivity contribution in [3.8, 4) is 5.75 Å². The molecule has 1 saturated carbocycles. The van der Waals surface area contributed by atoms with Gasteiger partial charge in [0.2, 0.25) is 0 Å². The van der Waals surface area contributed by atoms with Crippen molar-refractivity contribution >= 4 is 11.8 Å². The number of phenols is 1. The molecule has 1 aliphatic carbocycles. The summed E-state index contributed by atoms with van der Waals surface area (Å²) in [4.78, 5) is 23.4. The fourth-order valence-corrected chi connectivity index (χ4v) is 2.08. The molecule has 0 heterocycles. The Morgan fingerprint density at radius 1 is 1.39 bits per heavy atom. The molecule has 96 valence electrons. The van der Waals surface area contributed by atoms with Gasteiger partial charge < -0.3 is 9.84 Å². The molecule has 18 heavy (non-hydrogen) atoms. The van der Waals surface area contributed by atoms with Crippen molar-refractivity contribution < 1.29 is 19.4 Å². The highest BCUT2D eigenvalue weighted by molar-refractivity contribution is 5.95. The van der Waals surface area contributed by atoms with Crippen LogP contribution in [-0.4, -0.2) is 23.0 Å². The van der Waals surface area contributed by atoms with Crippen LogP contribution in [0.5, 0.6) is 5.75 Å². The monoisotopic (exact) mass is 248 g/mol. The van der Waals surface area contributed by atoms with Gasteiger partial charge in [0.25, 0.3) is 0 Å². The minimum Gasteiger partial charge on any atom is -0.507 e. The molecule has 0 radical (unpaired) electrons. The summed E-state index contributed by atoms with van der Waals surface area (Å²) in [5, 5.41) is 9.67. The molecule has 0 amide bonds. The molecule has 4 nitrogen and oxygen atoms in total. The van der Waals surface area contributed by atoms with E-state index in [0.717, 1.165) is 18.4 Å². The third-order valence-electron chi connectivity index (χ3n) is 3.12. The van der Waals surface area contributed by atoms with E-state index in [0.29, 0.717) is 12.8 Å². The minimum atomic E-state index is -0.646. The Hall–Kier alpha value is -1.84. The fourth-order valence-electron chi connectivity index (χ4n) is 2.08. The van der Waals surface area contributed by atoms with Crippen LogP contribution in [0, 0.1) is 6.92 Å². The number of carbonyl (C=O) groups is 2.